The SMILES string of the molecule is CCNc1ccncc1S(=O)(=O)N1CC2CCCC2C1. The van der Waals surface area contributed by atoms with Crippen molar-refractivity contribution in [1.82, 2.24) is 9.29 Å². The Morgan fingerprint density at radius 3 is 2.70 bits per heavy atom. The topological polar surface area (TPSA) is 62.3 Å². The number of hydrogen-bond donors (Lipinski definition) is 1. The second kappa shape index (κ2) is 5.33. The number of sulfonamides is 1. The highest BCUT2D eigenvalue weighted by atomic mass is 32.2. The fraction of sp³-hybridized carbons (Fsp3) is 0.643. The second-order valence-corrected chi connectivity index (χ2v) is 7.58. The highest BCUT2D eigenvalue weighted by Gasteiger charge is 2.42. The number of nitrogens with one attached hydrogen (secondary N) is 1. The lowest BCUT2D eigenvalue weighted by atomic mass is 10.0. The van der Waals surface area contributed by atoms with Gasteiger partial charge in [-0.1, -0.05) is 6.42 Å². The quantitative estimate of drug-likeness (QED) is 0.922. The van der Waals surface area contributed by atoms with Crippen LogP contribution in [0.25, 0.3) is 0 Å². The molecule has 1 aromatic heterocycles. The van der Waals surface area contributed by atoms with Gasteiger partial charge in [-0.2, -0.15) is 4.31 Å². The van der Waals surface area contributed by atoms with Gasteiger partial charge in [0.2, 0.25) is 10.0 Å². The minimum absolute atomic E-state index is 0.307. The monoisotopic (exact) mass is 295 g/mol. The molecule has 1 aliphatic heterocycles. The standard InChI is InChI=1S/C14H21N3O2S/c1-2-16-13-6-7-15-8-14(13)20(18,19)17-9-11-4-3-5-12(11)10-17/h6-8,11-12H,2-5,9-10H2,1H3,(H,15,16). The third-order valence-corrected chi connectivity index (χ3v) is 6.32. The first kappa shape index (κ1) is 13.8. The van der Waals surface area contributed by atoms with E-state index in [1.54, 1.807) is 16.6 Å². The number of hydrogen-bond acceptors (Lipinski definition) is 4. The van der Waals surface area contributed by atoms with Gasteiger partial charge in [0.25, 0.3) is 0 Å². The molecule has 1 N–H and O–H groups in total. The lowest BCUT2D eigenvalue weighted by Crippen LogP contribution is -2.30. The highest BCUT2D eigenvalue weighted by Crippen LogP contribution is 2.40. The van der Waals surface area contributed by atoms with Crippen molar-refractivity contribution in [3.63, 3.8) is 0 Å². The zero-order valence-electron chi connectivity index (χ0n) is 11.7. The Balaban J connectivity index is 1.89. The summed E-state index contributed by atoms with van der Waals surface area (Å²) in [5.41, 5.74) is 0.652. The molecule has 110 valence electrons. The average Bonchev–Trinajstić information content (AvgIpc) is 3.00. The fourth-order valence-electron chi connectivity index (χ4n) is 3.45. The van der Waals surface area contributed by atoms with Gasteiger partial charge >= 0.3 is 0 Å². The number of anilines is 1. The number of rotatable bonds is 4. The third-order valence-electron chi connectivity index (χ3n) is 4.46. The van der Waals surface area contributed by atoms with E-state index in [9.17, 15) is 8.42 Å². The van der Waals surface area contributed by atoms with Crippen LogP contribution in [0.15, 0.2) is 23.4 Å². The maximum absolute atomic E-state index is 12.8. The van der Waals surface area contributed by atoms with Crippen molar-refractivity contribution in [1.29, 1.82) is 0 Å². The normalized spacial score (nSPS) is 26.6. The van der Waals surface area contributed by atoms with Crippen molar-refractivity contribution in [2.75, 3.05) is 25.0 Å². The largest absolute Gasteiger partial charge is 0.384 e. The molecule has 0 radical (unpaired) electrons. The van der Waals surface area contributed by atoms with Gasteiger partial charge < -0.3 is 5.32 Å². The van der Waals surface area contributed by atoms with Gasteiger partial charge in [0.05, 0.1) is 5.69 Å². The molecule has 6 heteroatoms. The molecular weight excluding hydrogens is 274 g/mol. The molecule has 2 aliphatic rings. The van der Waals surface area contributed by atoms with E-state index in [4.69, 9.17) is 0 Å². The number of fused-ring (bicyclic) bond motifs is 1. The minimum atomic E-state index is -3.43. The Labute approximate surface area is 120 Å². The first-order chi connectivity index (χ1) is 9.63. The molecule has 5 nitrogen and oxygen atoms in total. The zero-order valence-corrected chi connectivity index (χ0v) is 12.6. The number of aromatic nitrogens is 1. The molecule has 2 heterocycles. The van der Waals surface area contributed by atoms with Crippen molar-refractivity contribution in [2.45, 2.75) is 31.1 Å². The number of nitrogens with zero attached hydrogens (tertiary/aromatic N) is 2. The van der Waals surface area contributed by atoms with Gasteiger partial charge in [-0.3, -0.25) is 4.98 Å². The van der Waals surface area contributed by atoms with Crippen LogP contribution in [0.4, 0.5) is 5.69 Å². The zero-order chi connectivity index (χ0) is 14.2. The Hall–Kier alpha value is -1.14. The van der Waals surface area contributed by atoms with Crippen molar-refractivity contribution in [3.05, 3.63) is 18.5 Å². The van der Waals surface area contributed by atoms with Crippen LogP contribution in [0.2, 0.25) is 0 Å². The summed E-state index contributed by atoms with van der Waals surface area (Å²) in [7, 11) is -3.43. The van der Waals surface area contributed by atoms with Gasteiger partial charge in [0, 0.05) is 32.0 Å². The van der Waals surface area contributed by atoms with Crippen LogP contribution in [-0.4, -0.2) is 37.3 Å². The van der Waals surface area contributed by atoms with Crippen LogP contribution < -0.4 is 5.32 Å². The maximum atomic E-state index is 12.8. The molecule has 0 amide bonds. The minimum Gasteiger partial charge on any atom is -0.384 e. The van der Waals surface area contributed by atoms with Gasteiger partial charge in [-0.25, -0.2) is 8.42 Å². The average molecular weight is 295 g/mol. The molecule has 1 aliphatic carbocycles. The molecule has 2 unspecified atom stereocenters. The van der Waals surface area contributed by atoms with E-state index in [1.165, 1.54) is 25.5 Å². The van der Waals surface area contributed by atoms with Crippen molar-refractivity contribution >= 4 is 15.7 Å². The molecule has 20 heavy (non-hydrogen) atoms. The molecule has 1 saturated carbocycles. The van der Waals surface area contributed by atoms with Crippen LogP contribution >= 0.6 is 0 Å². The predicted octanol–water partition coefficient (Wildman–Crippen LogP) is 1.93. The molecule has 1 aromatic rings. The first-order valence-electron chi connectivity index (χ1n) is 7.31. The molecule has 0 spiro atoms. The van der Waals surface area contributed by atoms with Gasteiger partial charge in [-0.15, -0.1) is 0 Å². The molecule has 2 fully saturated rings. The van der Waals surface area contributed by atoms with Gasteiger partial charge in [0.1, 0.15) is 4.90 Å². The molecular formula is C14H21N3O2S. The maximum Gasteiger partial charge on any atom is 0.246 e. The Morgan fingerprint density at radius 1 is 1.35 bits per heavy atom. The summed E-state index contributed by atoms with van der Waals surface area (Å²) >= 11 is 0. The Bertz CT molecular complexity index is 576. The van der Waals surface area contributed by atoms with E-state index >= 15 is 0 Å². The van der Waals surface area contributed by atoms with E-state index in [-0.39, 0.29) is 0 Å². The summed E-state index contributed by atoms with van der Waals surface area (Å²) in [5.74, 6) is 1.12. The highest BCUT2D eigenvalue weighted by molar-refractivity contribution is 7.89. The third kappa shape index (κ3) is 2.31. The first-order valence-corrected chi connectivity index (χ1v) is 8.75. The van der Waals surface area contributed by atoms with Crippen LogP contribution in [-0.2, 0) is 10.0 Å². The number of pyridine rings is 1. The molecule has 1 saturated heterocycles. The van der Waals surface area contributed by atoms with Gasteiger partial charge in [-0.05, 0) is 37.7 Å². The Morgan fingerprint density at radius 2 is 2.05 bits per heavy atom. The van der Waals surface area contributed by atoms with Crippen molar-refractivity contribution in [2.24, 2.45) is 11.8 Å². The van der Waals surface area contributed by atoms with E-state index in [1.807, 2.05) is 6.92 Å². The summed E-state index contributed by atoms with van der Waals surface area (Å²) in [5, 5.41) is 3.11. The smallest absolute Gasteiger partial charge is 0.246 e. The van der Waals surface area contributed by atoms with E-state index in [2.05, 4.69) is 10.3 Å². The lowest BCUT2D eigenvalue weighted by Gasteiger charge is -2.19. The molecule has 2 atom stereocenters. The fourth-order valence-corrected chi connectivity index (χ4v) is 5.12. The Kier molecular flexibility index (Phi) is 3.69. The second-order valence-electron chi connectivity index (χ2n) is 5.68. The van der Waals surface area contributed by atoms with E-state index in [0.717, 1.165) is 0 Å². The molecule has 0 aromatic carbocycles. The summed E-state index contributed by atoms with van der Waals surface area (Å²) in [4.78, 5) is 4.30. The van der Waals surface area contributed by atoms with E-state index in [0.29, 0.717) is 42.1 Å². The van der Waals surface area contributed by atoms with Crippen molar-refractivity contribution in [3.8, 4) is 0 Å². The van der Waals surface area contributed by atoms with Crippen LogP contribution in [0.1, 0.15) is 26.2 Å². The lowest BCUT2D eigenvalue weighted by molar-refractivity contribution is 0.445. The molecule has 3 rings (SSSR count). The van der Waals surface area contributed by atoms with E-state index < -0.39 is 10.0 Å². The molecule has 0 bridgehead atoms. The van der Waals surface area contributed by atoms with Gasteiger partial charge in [0.15, 0.2) is 0 Å². The van der Waals surface area contributed by atoms with Crippen LogP contribution in [0, 0.1) is 11.8 Å². The van der Waals surface area contributed by atoms with Crippen LogP contribution in [0.5, 0.6) is 0 Å². The summed E-state index contributed by atoms with van der Waals surface area (Å²) in [6.45, 7) is 4.00. The van der Waals surface area contributed by atoms with Crippen molar-refractivity contribution < 1.29 is 8.42 Å². The van der Waals surface area contributed by atoms with Crippen LogP contribution in [0.3, 0.4) is 0 Å². The predicted molar refractivity (Wildman–Crippen MR) is 78.0 cm³/mol. The summed E-state index contributed by atoms with van der Waals surface area (Å²) in [6.07, 6.45) is 6.67. The summed E-state index contributed by atoms with van der Waals surface area (Å²) in [6, 6.07) is 1.73. The summed E-state index contributed by atoms with van der Waals surface area (Å²) < 4.78 is 27.3.